The summed E-state index contributed by atoms with van der Waals surface area (Å²) in [6.07, 6.45) is 6.95. The van der Waals surface area contributed by atoms with Crippen LogP contribution in [0.25, 0.3) is 0 Å². The number of carbonyl (C=O) groups excluding carboxylic acids is 1. The quantitative estimate of drug-likeness (QED) is 0.592. The molecule has 144 valence electrons. The van der Waals surface area contributed by atoms with Crippen molar-refractivity contribution >= 4 is 5.97 Å². The maximum absolute atomic E-state index is 11.8. The van der Waals surface area contributed by atoms with Gasteiger partial charge < -0.3 is 9.64 Å². The van der Waals surface area contributed by atoms with Crippen molar-refractivity contribution in [3.8, 4) is 12.3 Å². The van der Waals surface area contributed by atoms with Gasteiger partial charge in [-0.1, -0.05) is 31.0 Å². The van der Waals surface area contributed by atoms with E-state index in [2.05, 4.69) is 48.9 Å². The van der Waals surface area contributed by atoms with Gasteiger partial charge in [-0.2, -0.15) is 0 Å². The van der Waals surface area contributed by atoms with E-state index in [1.54, 1.807) is 0 Å². The standard InChI is InChI=1S/C25H27NO2/c1-5-17-14-21-22(13-16(17)3)24(20-11-12-26(6-2)15-23(20)21)18-7-9-19(10-8-18)25(27)28-4/h1,7-10,13-14,20,23-24H,6,11-12,15H2,2-4H3/t20-,23+,24+/m1/s1. The SMILES string of the molecule is C#Cc1cc2c(cc1C)[C@@H](c1ccc(C(=O)OC)cc1)[C@@H]1CCN(CC)C[C@H]21. The van der Waals surface area contributed by atoms with E-state index in [-0.39, 0.29) is 5.97 Å². The fourth-order valence-electron chi connectivity index (χ4n) is 5.15. The second-order valence-electron chi connectivity index (χ2n) is 7.98. The van der Waals surface area contributed by atoms with E-state index < -0.39 is 0 Å². The number of likely N-dealkylation sites (tertiary alicyclic amines) is 1. The Morgan fingerprint density at radius 1 is 1.25 bits per heavy atom. The molecule has 0 saturated carbocycles. The zero-order valence-corrected chi connectivity index (χ0v) is 16.9. The van der Waals surface area contributed by atoms with Gasteiger partial charge >= 0.3 is 5.97 Å². The van der Waals surface area contributed by atoms with Crippen molar-refractivity contribution in [2.75, 3.05) is 26.7 Å². The molecule has 4 rings (SSSR count). The van der Waals surface area contributed by atoms with Crippen molar-refractivity contribution in [1.29, 1.82) is 0 Å². The van der Waals surface area contributed by atoms with Gasteiger partial charge in [0.25, 0.3) is 0 Å². The van der Waals surface area contributed by atoms with E-state index in [9.17, 15) is 4.79 Å². The topological polar surface area (TPSA) is 29.5 Å². The van der Waals surface area contributed by atoms with Gasteiger partial charge in [0.1, 0.15) is 0 Å². The number of hydrogen-bond donors (Lipinski definition) is 0. The van der Waals surface area contributed by atoms with Gasteiger partial charge in [0.2, 0.25) is 0 Å². The summed E-state index contributed by atoms with van der Waals surface area (Å²) in [5, 5.41) is 0. The smallest absolute Gasteiger partial charge is 0.337 e. The number of rotatable bonds is 3. The van der Waals surface area contributed by atoms with E-state index in [0.717, 1.165) is 25.2 Å². The van der Waals surface area contributed by atoms with Crippen molar-refractivity contribution in [2.24, 2.45) is 5.92 Å². The molecule has 1 saturated heterocycles. The van der Waals surface area contributed by atoms with Crippen LogP contribution in [0, 0.1) is 25.2 Å². The summed E-state index contributed by atoms with van der Waals surface area (Å²) in [5.74, 6) is 4.02. The van der Waals surface area contributed by atoms with Gasteiger partial charge in [0, 0.05) is 23.9 Å². The molecule has 1 fully saturated rings. The number of carbonyl (C=O) groups is 1. The van der Waals surface area contributed by atoms with Gasteiger partial charge in [0.15, 0.2) is 0 Å². The molecule has 1 aliphatic carbocycles. The lowest BCUT2D eigenvalue weighted by atomic mass is 9.78. The summed E-state index contributed by atoms with van der Waals surface area (Å²) in [6, 6.07) is 12.5. The number of likely N-dealkylation sites (N-methyl/N-ethyl adjacent to an activating group) is 1. The zero-order valence-electron chi connectivity index (χ0n) is 16.9. The van der Waals surface area contributed by atoms with Gasteiger partial charge in [0.05, 0.1) is 12.7 Å². The molecule has 28 heavy (non-hydrogen) atoms. The fraction of sp³-hybridized carbons (Fsp3) is 0.400. The highest BCUT2D eigenvalue weighted by atomic mass is 16.5. The van der Waals surface area contributed by atoms with Gasteiger partial charge in [-0.05, 0) is 72.8 Å². The Bertz CT molecular complexity index is 938. The number of terminal acetylenes is 1. The molecular formula is C25H27NO2. The van der Waals surface area contributed by atoms with Crippen molar-refractivity contribution in [1.82, 2.24) is 4.90 Å². The third-order valence-corrected chi connectivity index (χ3v) is 6.64. The molecule has 0 radical (unpaired) electrons. The third-order valence-electron chi connectivity index (χ3n) is 6.64. The first-order chi connectivity index (χ1) is 13.6. The molecule has 0 unspecified atom stereocenters. The number of ether oxygens (including phenoxy) is 1. The Kier molecular flexibility index (Phi) is 5.00. The molecule has 3 nitrogen and oxygen atoms in total. The molecule has 1 heterocycles. The maximum atomic E-state index is 11.8. The van der Waals surface area contributed by atoms with Crippen LogP contribution in [-0.2, 0) is 4.74 Å². The molecule has 2 aromatic carbocycles. The molecular weight excluding hydrogens is 346 g/mol. The number of hydrogen-bond acceptors (Lipinski definition) is 3. The number of aryl methyl sites for hydroxylation is 1. The van der Waals surface area contributed by atoms with Crippen LogP contribution in [0.4, 0.5) is 0 Å². The van der Waals surface area contributed by atoms with Crippen LogP contribution < -0.4 is 0 Å². The summed E-state index contributed by atoms with van der Waals surface area (Å²) in [6.45, 7) is 7.67. The highest BCUT2D eigenvalue weighted by Gasteiger charge is 2.44. The monoisotopic (exact) mass is 373 g/mol. The first-order valence-corrected chi connectivity index (χ1v) is 10.1. The molecule has 0 amide bonds. The minimum atomic E-state index is -0.290. The Hall–Kier alpha value is -2.57. The van der Waals surface area contributed by atoms with Gasteiger partial charge in [-0.3, -0.25) is 0 Å². The summed E-state index contributed by atoms with van der Waals surface area (Å²) < 4.78 is 4.85. The van der Waals surface area contributed by atoms with Gasteiger partial charge in [-0.25, -0.2) is 4.79 Å². The molecule has 0 bridgehead atoms. The summed E-state index contributed by atoms with van der Waals surface area (Å²) in [4.78, 5) is 14.4. The number of nitrogens with zero attached hydrogens (tertiary/aromatic N) is 1. The Balaban J connectivity index is 1.79. The van der Waals surface area contributed by atoms with E-state index in [0.29, 0.717) is 23.3 Å². The largest absolute Gasteiger partial charge is 0.465 e. The highest BCUT2D eigenvalue weighted by Crippen LogP contribution is 2.53. The van der Waals surface area contributed by atoms with Crippen LogP contribution in [0.5, 0.6) is 0 Å². The first kappa shape index (κ1) is 18.8. The molecule has 0 spiro atoms. The molecule has 2 aliphatic rings. The zero-order chi connectivity index (χ0) is 19.8. The second kappa shape index (κ2) is 7.45. The average Bonchev–Trinajstić information content (AvgIpc) is 3.04. The molecule has 0 aromatic heterocycles. The van der Waals surface area contributed by atoms with Crippen molar-refractivity contribution < 1.29 is 9.53 Å². The van der Waals surface area contributed by atoms with E-state index in [1.165, 1.54) is 35.8 Å². The van der Waals surface area contributed by atoms with E-state index in [4.69, 9.17) is 11.2 Å². The number of benzene rings is 2. The highest BCUT2D eigenvalue weighted by molar-refractivity contribution is 5.89. The van der Waals surface area contributed by atoms with Gasteiger partial charge in [-0.15, -0.1) is 6.42 Å². The summed E-state index contributed by atoms with van der Waals surface area (Å²) in [7, 11) is 1.42. The molecule has 3 heteroatoms. The lowest BCUT2D eigenvalue weighted by Crippen LogP contribution is -2.38. The average molecular weight is 373 g/mol. The molecule has 2 aromatic rings. The van der Waals surface area contributed by atoms with Crippen LogP contribution in [0.3, 0.4) is 0 Å². The predicted octanol–water partition coefficient (Wildman–Crippen LogP) is 4.33. The normalized spacial score (nSPS) is 23.6. The maximum Gasteiger partial charge on any atom is 0.337 e. The first-order valence-electron chi connectivity index (χ1n) is 10.1. The van der Waals surface area contributed by atoms with E-state index in [1.807, 2.05) is 12.1 Å². The summed E-state index contributed by atoms with van der Waals surface area (Å²) >= 11 is 0. The van der Waals surface area contributed by atoms with Crippen LogP contribution >= 0.6 is 0 Å². The van der Waals surface area contributed by atoms with Crippen LogP contribution in [0.2, 0.25) is 0 Å². The number of methoxy groups -OCH3 is 1. The van der Waals surface area contributed by atoms with Crippen molar-refractivity contribution in [3.05, 3.63) is 69.8 Å². The molecule has 0 N–H and O–H groups in total. The minimum absolute atomic E-state index is 0.290. The van der Waals surface area contributed by atoms with Crippen LogP contribution in [0.1, 0.15) is 63.4 Å². The predicted molar refractivity (Wildman–Crippen MR) is 112 cm³/mol. The third kappa shape index (κ3) is 3.02. The fourth-order valence-corrected chi connectivity index (χ4v) is 5.15. The lowest BCUT2D eigenvalue weighted by molar-refractivity contribution is 0.0600. The number of fused-ring (bicyclic) bond motifs is 3. The van der Waals surface area contributed by atoms with Crippen LogP contribution in [0.15, 0.2) is 36.4 Å². The summed E-state index contributed by atoms with van der Waals surface area (Å²) in [5.41, 5.74) is 6.88. The Morgan fingerprint density at radius 3 is 2.64 bits per heavy atom. The Labute approximate surface area is 167 Å². The van der Waals surface area contributed by atoms with Crippen molar-refractivity contribution in [3.63, 3.8) is 0 Å². The second-order valence-corrected chi connectivity index (χ2v) is 7.98. The Morgan fingerprint density at radius 2 is 2.00 bits per heavy atom. The number of piperidine rings is 1. The minimum Gasteiger partial charge on any atom is -0.465 e. The number of esters is 1. The van der Waals surface area contributed by atoms with Crippen molar-refractivity contribution in [2.45, 2.75) is 32.1 Å². The molecule has 1 aliphatic heterocycles. The van der Waals surface area contributed by atoms with Crippen LogP contribution in [-0.4, -0.2) is 37.6 Å². The van der Waals surface area contributed by atoms with E-state index >= 15 is 0 Å². The molecule has 3 atom stereocenters. The lowest BCUT2D eigenvalue weighted by Gasteiger charge is -2.37.